The lowest BCUT2D eigenvalue weighted by Crippen LogP contribution is -2.11. The maximum Gasteiger partial charge on any atom is 0.337 e. The number of pyridine rings is 1. The number of carbonyl (C=O) groups excluding carboxylic acids is 1. The molecule has 0 bridgehead atoms. The number of hydrogen-bond donors (Lipinski definition) is 2. The molecule has 3 N–H and O–H groups in total. The van der Waals surface area contributed by atoms with Gasteiger partial charge in [0.1, 0.15) is 11.6 Å². The summed E-state index contributed by atoms with van der Waals surface area (Å²) in [6.45, 7) is 1.91. The topological polar surface area (TPSA) is 107 Å². The summed E-state index contributed by atoms with van der Waals surface area (Å²) >= 11 is 0. The maximum absolute atomic E-state index is 11.6. The molecule has 0 spiro atoms. The second kappa shape index (κ2) is 8.39. The van der Waals surface area contributed by atoms with Gasteiger partial charge in [-0.2, -0.15) is 0 Å². The Morgan fingerprint density at radius 3 is 2.25 bits per heavy atom. The molecule has 2 heterocycles. The number of methoxy groups -OCH3 is 1. The number of benzene rings is 2. The number of ether oxygens (including phenoxy) is 1. The number of hydrogen-bond acceptors (Lipinski definition) is 4. The molecule has 0 atom stereocenters. The Kier molecular flexibility index (Phi) is 5.47. The van der Waals surface area contributed by atoms with Crippen LogP contribution in [0.15, 0.2) is 73.1 Å². The summed E-state index contributed by atoms with van der Waals surface area (Å²) in [4.78, 5) is 27.2. The molecule has 4 rings (SSSR count). The fourth-order valence-corrected chi connectivity index (χ4v) is 3.64. The minimum atomic E-state index is -1.03. The van der Waals surface area contributed by atoms with Crippen molar-refractivity contribution < 1.29 is 19.4 Å². The van der Waals surface area contributed by atoms with Gasteiger partial charge >= 0.3 is 5.97 Å². The fraction of sp³-hybridized carbons (Fsp3) is 0.0800. The van der Waals surface area contributed by atoms with Gasteiger partial charge in [-0.3, -0.25) is 4.79 Å². The van der Waals surface area contributed by atoms with Gasteiger partial charge in [-0.25, -0.2) is 9.78 Å². The van der Waals surface area contributed by atoms with Crippen molar-refractivity contribution in [1.29, 1.82) is 0 Å². The third-order valence-electron chi connectivity index (χ3n) is 5.30. The molecule has 32 heavy (non-hydrogen) atoms. The second-order valence-electron chi connectivity index (χ2n) is 7.28. The van der Waals surface area contributed by atoms with Crippen LogP contribution in [0.4, 0.5) is 0 Å². The molecule has 7 heteroatoms. The zero-order valence-electron chi connectivity index (χ0n) is 17.6. The van der Waals surface area contributed by atoms with E-state index in [1.165, 1.54) is 12.3 Å². The number of carboxylic acid groups (broad SMARTS) is 1. The number of rotatable bonds is 6. The summed E-state index contributed by atoms with van der Waals surface area (Å²) in [5.41, 5.74) is 10.5. The van der Waals surface area contributed by atoms with Crippen molar-refractivity contribution >= 4 is 11.9 Å². The van der Waals surface area contributed by atoms with Gasteiger partial charge in [0, 0.05) is 29.1 Å². The highest BCUT2D eigenvalue weighted by molar-refractivity contribution is 5.94. The highest BCUT2D eigenvalue weighted by Crippen LogP contribution is 2.37. The van der Waals surface area contributed by atoms with Crippen molar-refractivity contribution in [2.24, 2.45) is 5.73 Å². The number of aryl methyl sites for hydroxylation is 1. The lowest BCUT2D eigenvalue weighted by atomic mass is 9.96. The lowest BCUT2D eigenvalue weighted by molar-refractivity contribution is 0.0696. The van der Waals surface area contributed by atoms with Crippen LogP contribution in [0.5, 0.6) is 5.75 Å². The van der Waals surface area contributed by atoms with Gasteiger partial charge in [0.25, 0.3) is 0 Å². The summed E-state index contributed by atoms with van der Waals surface area (Å²) in [7, 11) is 1.62. The quantitative estimate of drug-likeness (QED) is 0.476. The zero-order chi connectivity index (χ0) is 22.8. The molecule has 7 nitrogen and oxygen atoms in total. The fourth-order valence-electron chi connectivity index (χ4n) is 3.64. The SMILES string of the molecule is COc1ccc(-c2ccn(-c3ccc(C(=O)O)cn3)c2-c2ccc(C(N)=O)cc2C)cc1. The largest absolute Gasteiger partial charge is 0.497 e. The third kappa shape index (κ3) is 3.83. The molecule has 2 aromatic carbocycles. The molecule has 0 saturated heterocycles. The van der Waals surface area contributed by atoms with Gasteiger partial charge < -0.3 is 20.1 Å². The van der Waals surface area contributed by atoms with Gasteiger partial charge in [-0.1, -0.05) is 18.2 Å². The van der Waals surface area contributed by atoms with Crippen LogP contribution in [0, 0.1) is 6.92 Å². The van der Waals surface area contributed by atoms with Gasteiger partial charge in [0.15, 0.2) is 0 Å². The number of aromatic carboxylic acids is 1. The minimum Gasteiger partial charge on any atom is -0.497 e. The Morgan fingerprint density at radius 2 is 1.69 bits per heavy atom. The number of nitrogens with zero attached hydrogens (tertiary/aromatic N) is 2. The molecule has 0 aliphatic carbocycles. The summed E-state index contributed by atoms with van der Waals surface area (Å²) < 4.78 is 7.17. The van der Waals surface area contributed by atoms with E-state index in [1.54, 1.807) is 25.3 Å². The highest BCUT2D eigenvalue weighted by Gasteiger charge is 2.18. The van der Waals surface area contributed by atoms with Gasteiger partial charge in [-0.05, 0) is 60.5 Å². The Morgan fingerprint density at radius 1 is 0.969 bits per heavy atom. The number of carbonyl (C=O) groups is 2. The first kappa shape index (κ1) is 20.9. The molecule has 0 unspecified atom stereocenters. The molecule has 1 amide bonds. The summed E-state index contributed by atoms with van der Waals surface area (Å²) in [6.07, 6.45) is 3.22. The molecule has 2 aromatic heterocycles. The predicted molar refractivity (Wildman–Crippen MR) is 121 cm³/mol. The van der Waals surface area contributed by atoms with Crippen LogP contribution in [0.25, 0.3) is 28.2 Å². The molecule has 160 valence electrons. The molecule has 0 saturated carbocycles. The van der Waals surface area contributed by atoms with Gasteiger partial charge in [0.2, 0.25) is 5.91 Å². The van der Waals surface area contributed by atoms with Crippen molar-refractivity contribution in [2.45, 2.75) is 6.92 Å². The normalized spacial score (nSPS) is 10.7. The summed E-state index contributed by atoms with van der Waals surface area (Å²) in [5.74, 6) is -0.198. The standard InChI is InChI=1S/C25H21N3O4/c1-15-13-17(24(26)29)5-9-20(15)23-21(16-3-7-19(32-2)8-4-16)11-12-28(23)22-10-6-18(14-27-22)25(30)31/h3-14H,1-2H3,(H2,26,29)(H,30,31). The van der Waals surface area contributed by atoms with E-state index < -0.39 is 11.9 Å². The van der Waals surface area contributed by atoms with Crippen LogP contribution < -0.4 is 10.5 Å². The summed E-state index contributed by atoms with van der Waals surface area (Å²) in [6, 6.07) is 18.2. The first-order valence-electron chi connectivity index (χ1n) is 9.85. The van der Waals surface area contributed by atoms with Gasteiger partial charge in [0.05, 0.1) is 18.4 Å². The Labute approximate surface area is 184 Å². The van der Waals surface area contributed by atoms with E-state index in [0.29, 0.717) is 11.4 Å². The third-order valence-corrected chi connectivity index (χ3v) is 5.30. The number of aromatic nitrogens is 2. The molecule has 0 fully saturated rings. The van der Waals surface area contributed by atoms with E-state index in [2.05, 4.69) is 4.98 Å². The molecule has 4 aromatic rings. The van der Waals surface area contributed by atoms with E-state index in [-0.39, 0.29) is 5.56 Å². The first-order valence-corrected chi connectivity index (χ1v) is 9.85. The zero-order valence-corrected chi connectivity index (χ0v) is 17.6. The van der Waals surface area contributed by atoms with Crippen LogP contribution in [0.3, 0.4) is 0 Å². The molecule has 0 aliphatic heterocycles. The number of nitrogens with two attached hydrogens (primary N) is 1. The second-order valence-corrected chi connectivity index (χ2v) is 7.28. The molecular weight excluding hydrogens is 406 g/mol. The molecular formula is C25H21N3O4. The van der Waals surface area contributed by atoms with Crippen molar-refractivity contribution in [2.75, 3.05) is 7.11 Å². The number of amides is 1. The van der Waals surface area contributed by atoms with Crippen LogP contribution in [-0.2, 0) is 0 Å². The van der Waals surface area contributed by atoms with Crippen molar-refractivity contribution in [3.05, 3.63) is 89.7 Å². The summed E-state index contributed by atoms with van der Waals surface area (Å²) in [5, 5.41) is 9.19. The highest BCUT2D eigenvalue weighted by atomic mass is 16.5. The average molecular weight is 427 g/mol. The van der Waals surface area contributed by atoms with Crippen LogP contribution in [0.1, 0.15) is 26.3 Å². The van der Waals surface area contributed by atoms with Crippen LogP contribution >= 0.6 is 0 Å². The molecule has 0 aliphatic rings. The minimum absolute atomic E-state index is 0.111. The van der Waals surface area contributed by atoms with Crippen molar-refractivity contribution in [3.8, 4) is 34.0 Å². The smallest absolute Gasteiger partial charge is 0.337 e. The first-order chi connectivity index (χ1) is 15.4. The van der Waals surface area contributed by atoms with Gasteiger partial charge in [-0.15, -0.1) is 0 Å². The maximum atomic E-state index is 11.6. The Hall–Kier alpha value is -4.39. The van der Waals surface area contributed by atoms with Crippen molar-refractivity contribution in [1.82, 2.24) is 9.55 Å². The number of carboxylic acids is 1. The Bertz CT molecular complexity index is 1310. The van der Waals surface area contributed by atoms with Crippen molar-refractivity contribution in [3.63, 3.8) is 0 Å². The van der Waals surface area contributed by atoms with Crippen LogP contribution in [-0.4, -0.2) is 33.6 Å². The van der Waals surface area contributed by atoms with E-state index >= 15 is 0 Å². The van der Waals surface area contributed by atoms with E-state index in [4.69, 9.17) is 10.5 Å². The Balaban J connectivity index is 1.92. The predicted octanol–water partition coefficient (Wildman–Crippen LogP) is 4.32. The van der Waals surface area contributed by atoms with E-state index in [0.717, 1.165) is 33.7 Å². The molecule has 0 radical (unpaired) electrons. The lowest BCUT2D eigenvalue weighted by Gasteiger charge is -2.15. The monoisotopic (exact) mass is 427 g/mol. The number of primary amides is 1. The van der Waals surface area contributed by atoms with Crippen LogP contribution in [0.2, 0.25) is 0 Å². The van der Waals surface area contributed by atoms with E-state index in [1.807, 2.05) is 54.1 Å². The average Bonchev–Trinajstić information content (AvgIpc) is 3.23. The van der Waals surface area contributed by atoms with E-state index in [9.17, 15) is 14.7 Å².